The van der Waals surface area contributed by atoms with Crippen LogP contribution in [-0.4, -0.2) is 41.8 Å². The lowest BCUT2D eigenvalue weighted by atomic mass is 10.1. The molecule has 2 fully saturated rings. The fourth-order valence-corrected chi connectivity index (χ4v) is 2.09. The van der Waals surface area contributed by atoms with Gasteiger partial charge >= 0.3 is 0 Å². The van der Waals surface area contributed by atoms with Crippen molar-refractivity contribution in [3.8, 4) is 0 Å². The Hall–Kier alpha value is -0.880. The summed E-state index contributed by atoms with van der Waals surface area (Å²) in [7, 11) is 0. The van der Waals surface area contributed by atoms with Gasteiger partial charge in [0.25, 0.3) is 0 Å². The van der Waals surface area contributed by atoms with Gasteiger partial charge in [-0.1, -0.05) is 0 Å². The molecule has 2 rings (SSSR count). The van der Waals surface area contributed by atoms with E-state index in [1.165, 1.54) is 0 Å². The smallest absolute Gasteiger partial charge is 0.237 e. The molecule has 0 aromatic carbocycles. The first-order valence-electron chi connectivity index (χ1n) is 5.31. The highest BCUT2D eigenvalue weighted by Crippen LogP contribution is 2.12. The van der Waals surface area contributed by atoms with Crippen LogP contribution in [0.3, 0.4) is 0 Å². The first-order valence-corrected chi connectivity index (χ1v) is 5.71. The number of thiocarbonyl (C=S) groups is 1. The van der Waals surface area contributed by atoms with E-state index in [9.17, 15) is 4.79 Å². The number of carbonyl (C=O) groups is 1. The Bertz CT molecular complexity index is 261. The van der Waals surface area contributed by atoms with Gasteiger partial charge in [0.2, 0.25) is 5.91 Å². The van der Waals surface area contributed by atoms with E-state index in [-0.39, 0.29) is 11.9 Å². The molecule has 15 heavy (non-hydrogen) atoms. The van der Waals surface area contributed by atoms with Gasteiger partial charge in [0, 0.05) is 6.54 Å². The van der Waals surface area contributed by atoms with Gasteiger partial charge in [-0.3, -0.25) is 9.69 Å². The molecule has 0 radical (unpaired) electrons. The molecule has 0 aromatic rings. The molecule has 1 amide bonds. The standard InChI is InChI=1S/C9H16N4OS/c14-8-7(3-1-2-4-10-8)13-5-11-9(15)12-6-13/h7H,1-6H2,(H,10,14)(H2,11,12,15)/t7-/m0/s1. The molecule has 6 heteroatoms. The van der Waals surface area contributed by atoms with E-state index in [4.69, 9.17) is 12.2 Å². The van der Waals surface area contributed by atoms with Crippen molar-refractivity contribution in [2.75, 3.05) is 19.9 Å². The Morgan fingerprint density at radius 1 is 1.20 bits per heavy atom. The summed E-state index contributed by atoms with van der Waals surface area (Å²) in [5.41, 5.74) is 0. The number of hydrogen-bond donors (Lipinski definition) is 3. The summed E-state index contributed by atoms with van der Waals surface area (Å²) in [5.74, 6) is 0.143. The average Bonchev–Trinajstić information content (AvgIpc) is 2.44. The molecule has 84 valence electrons. The SMILES string of the molecule is O=C1NCCCC[C@@H]1N1CNC(=S)NC1. The van der Waals surface area contributed by atoms with Crippen molar-refractivity contribution in [1.82, 2.24) is 20.9 Å². The van der Waals surface area contributed by atoms with Crippen LogP contribution in [0.15, 0.2) is 0 Å². The van der Waals surface area contributed by atoms with E-state index in [1.54, 1.807) is 0 Å². The topological polar surface area (TPSA) is 56.4 Å². The lowest BCUT2D eigenvalue weighted by molar-refractivity contribution is -0.126. The molecule has 1 atom stereocenters. The minimum Gasteiger partial charge on any atom is -0.355 e. The minimum atomic E-state index is -0.0180. The van der Waals surface area contributed by atoms with Crippen LogP contribution in [-0.2, 0) is 4.79 Å². The molecule has 2 saturated heterocycles. The number of hydrogen-bond acceptors (Lipinski definition) is 3. The summed E-state index contributed by atoms with van der Waals surface area (Å²) in [4.78, 5) is 13.8. The van der Waals surface area contributed by atoms with Crippen molar-refractivity contribution >= 4 is 23.2 Å². The summed E-state index contributed by atoms with van der Waals surface area (Å²) in [6.07, 6.45) is 3.11. The Balaban J connectivity index is 1.95. The van der Waals surface area contributed by atoms with Crippen molar-refractivity contribution in [3.63, 3.8) is 0 Å². The van der Waals surface area contributed by atoms with Crippen molar-refractivity contribution in [1.29, 1.82) is 0 Å². The molecule has 3 N–H and O–H groups in total. The average molecular weight is 228 g/mol. The third-order valence-corrected chi connectivity index (χ3v) is 3.12. The lowest BCUT2D eigenvalue weighted by Gasteiger charge is -2.34. The number of nitrogens with one attached hydrogen (secondary N) is 3. The normalized spacial score (nSPS) is 28.7. The molecule has 0 bridgehead atoms. The highest BCUT2D eigenvalue weighted by atomic mass is 32.1. The van der Waals surface area contributed by atoms with Gasteiger partial charge < -0.3 is 16.0 Å². The zero-order valence-corrected chi connectivity index (χ0v) is 9.40. The third kappa shape index (κ3) is 2.57. The second-order valence-electron chi connectivity index (χ2n) is 3.89. The van der Waals surface area contributed by atoms with Gasteiger partial charge in [0.05, 0.1) is 19.4 Å². The second-order valence-corrected chi connectivity index (χ2v) is 4.30. The van der Waals surface area contributed by atoms with E-state index in [0.717, 1.165) is 25.8 Å². The third-order valence-electron chi connectivity index (χ3n) is 2.83. The van der Waals surface area contributed by atoms with E-state index in [1.807, 2.05) is 0 Å². The Morgan fingerprint density at radius 2 is 1.93 bits per heavy atom. The highest BCUT2D eigenvalue weighted by molar-refractivity contribution is 7.80. The number of amides is 1. The van der Waals surface area contributed by atoms with E-state index in [0.29, 0.717) is 18.4 Å². The zero-order valence-electron chi connectivity index (χ0n) is 8.58. The Morgan fingerprint density at radius 3 is 2.67 bits per heavy atom. The number of carbonyl (C=O) groups excluding carboxylic acids is 1. The van der Waals surface area contributed by atoms with Crippen LogP contribution in [0.4, 0.5) is 0 Å². The maximum absolute atomic E-state index is 11.8. The quantitative estimate of drug-likeness (QED) is 0.521. The van der Waals surface area contributed by atoms with Gasteiger partial charge in [-0.15, -0.1) is 0 Å². The van der Waals surface area contributed by atoms with E-state index >= 15 is 0 Å². The maximum Gasteiger partial charge on any atom is 0.237 e. The first-order chi connectivity index (χ1) is 7.27. The summed E-state index contributed by atoms with van der Waals surface area (Å²) in [6, 6.07) is -0.0180. The van der Waals surface area contributed by atoms with Crippen LogP contribution in [0.1, 0.15) is 19.3 Å². The second kappa shape index (κ2) is 4.76. The van der Waals surface area contributed by atoms with E-state index < -0.39 is 0 Å². The molecule has 2 heterocycles. The predicted octanol–water partition coefficient (Wildman–Crippen LogP) is -0.650. The molecule has 0 aromatic heterocycles. The lowest BCUT2D eigenvalue weighted by Crippen LogP contribution is -2.59. The van der Waals surface area contributed by atoms with Crippen LogP contribution < -0.4 is 16.0 Å². The van der Waals surface area contributed by atoms with E-state index in [2.05, 4.69) is 20.9 Å². The predicted molar refractivity (Wildman–Crippen MR) is 61.1 cm³/mol. The van der Waals surface area contributed by atoms with Crippen molar-refractivity contribution in [2.24, 2.45) is 0 Å². The molecule has 2 aliphatic heterocycles. The Labute approximate surface area is 94.6 Å². The summed E-state index contributed by atoms with van der Waals surface area (Å²) in [5, 5.41) is 9.67. The summed E-state index contributed by atoms with van der Waals surface area (Å²) in [6.45, 7) is 2.12. The van der Waals surface area contributed by atoms with Gasteiger partial charge in [-0.05, 0) is 31.5 Å². The van der Waals surface area contributed by atoms with Gasteiger partial charge in [-0.2, -0.15) is 0 Å². The molecule has 0 aliphatic carbocycles. The Kier molecular flexibility index (Phi) is 3.37. The molecule has 5 nitrogen and oxygen atoms in total. The van der Waals surface area contributed by atoms with Crippen LogP contribution >= 0.6 is 12.2 Å². The first kappa shape index (κ1) is 10.6. The van der Waals surface area contributed by atoms with Crippen LogP contribution in [0.25, 0.3) is 0 Å². The summed E-state index contributed by atoms with van der Waals surface area (Å²) >= 11 is 4.97. The zero-order chi connectivity index (χ0) is 10.7. The van der Waals surface area contributed by atoms with Crippen LogP contribution in [0.2, 0.25) is 0 Å². The van der Waals surface area contributed by atoms with Gasteiger partial charge in [0.15, 0.2) is 5.11 Å². The van der Waals surface area contributed by atoms with Crippen molar-refractivity contribution < 1.29 is 4.79 Å². The molecule has 0 saturated carbocycles. The van der Waals surface area contributed by atoms with Gasteiger partial charge in [0.1, 0.15) is 0 Å². The fourth-order valence-electron chi connectivity index (χ4n) is 1.96. The molecule has 2 aliphatic rings. The fraction of sp³-hybridized carbons (Fsp3) is 0.778. The molecular weight excluding hydrogens is 212 g/mol. The van der Waals surface area contributed by atoms with Crippen LogP contribution in [0, 0.1) is 0 Å². The monoisotopic (exact) mass is 228 g/mol. The highest BCUT2D eigenvalue weighted by Gasteiger charge is 2.28. The summed E-state index contributed by atoms with van der Waals surface area (Å²) < 4.78 is 0. The van der Waals surface area contributed by atoms with Crippen molar-refractivity contribution in [2.45, 2.75) is 25.3 Å². The molecular formula is C9H16N4OS. The minimum absolute atomic E-state index is 0.0180. The maximum atomic E-state index is 11.8. The van der Waals surface area contributed by atoms with Crippen LogP contribution in [0.5, 0.6) is 0 Å². The van der Waals surface area contributed by atoms with Crippen molar-refractivity contribution in [3.05, 3.63) is 0 Å². The van der Waals surface area contributed by atoms with Gasteiger partial charge in [-0.25, -0.2) is 0 Å². The molecule has 0 spiro atoms. The molecule has 0 unspecified atom stereocenters. The number of rotatable bonds is 1. The largest absolute Gasteiger partial charge is 0.355 e. The number of nitrogens with zero attached hydrogens (tertiary/aromatic N) is 1.